The van der Waals surface area contributed by atoms with E-state index in [1.54, 1.807) is 4.90 Å². The lowest BCUT2D eigenvalue weighted by Crippen LogP contribution is -2.48. The lowest BCUT2D eigenvalue weighted by molar-refractivity contribution is 0.0637. The first kappa shape index (κ1) is 14.4. The van der Waals surface area contributed by atoms with Crippen LogP contribution in [0.4, 0.5) is 8.78 Å². The summed E-state index contributed by atoms with van der Waals surface area (Å²) in [7, 11) is 0. The van der Waals surface area contributed by atoms with Gasteiger partial charge in [0.2, 0.25) is 0 Å². The summed E-state index contributed by atoms with van der Waals surface area (Å²) in [5, 5.41) is 0. The number of carbonyl (C=O) groups is 1. The Labute approximate surface area is 119 Å². The van der Waals surface area contributed by atoms with E-state index in [0.717, 1.165) is 31.8 Å². The van der Waals surface area contributed by atoms with Crippen molar-refractivity contribution >= 4 is 21.8 Å². The van der Waals surface area contributed by atoms with Crippen molar-refractivity contribution in [2.45, 2.75) is 6.92 Å². The van der Waals surface area contributed by atoms with Gasteiger partial charge in [0, 0.05) is 26.2 Å². The zero-order valence-electron chi connectivity index (χ0n) is 10.6. The number of piperazine rings is 1. The SMILES string of the molecule is CCN1CCN(C(=O)c2c(F)ccc(F)c2Br)CC1. The first-order valence-electron chi connectivity index (χ1n) is 6.19. The van der Waals surface area contributed by atoms with E-state index in [4.69, 9.17) is 0 Å². The molecule has 1 fully saturated rings. The minimum Gasteiger partial charge on any atom is -0.336 e. The van der Waals surface area contributed by atoms with Crippen LogP contribution in [0.3, 0.4) is 0 Å². The van der Waals surface area contributed by atoms with Gasteiger partial charge in [-0.2, -0.15) is 0 Å². The number of halogens is 3. The number of carbonyl (C=O) groups excluding carboxylic acids is 1. The zero-order valence-corrected chi connectivity index (χ0v) is 12.2. The van der Waals surface area contributed by atoms with Gasteiger partial charge in [-0.1, -0.05) is 6.92 Å². The van der Waals surface area contributed by atoms with Crippen LogP contribution in [-0.4, -0.2) is 48.4 Å². The number of rotatable bonds is 2. The lowest BCUT2D eigenvalue weighted by atomic mass is 10.1. The molecule has 0 saturated carbocycles. The van der Waals surface area contributed by atoms with Crippen LogP contribution >= 0.6 is 15.9 Å². The van der Waals surface area contributed by atoms with Crippen LogP contribution < -0.4 is 0 Å². The predicted octanol–water partition coefficient (Wildman–Crippen LogP) is 2.51. The third kappa shape index (κ3) is 2.95. The van der Waals surface area contributed by atoms with Crippen molar-refractivity contribution in [3.8, 4) is 0 Å². The smallest absolute Gasteiger partial charge is 0.258 e. The molecule has 0 aliphatic carbocycles. The largest absolute Gasteiger partial charge is 0.336 e. The Balaban J connectivity index is 2.19. The monoisotopic (exact) mass is 332 g/mol. The van der Waals surface area contributed by atoms with Gasteiger partial charge < -0.3 is 9.80 Å². The Bertz CT molecular complexity index is 488. The standard InChI is InChI=1S/C13H15BrF2N2O/c1-2-17-5-7-18(8-6-17)13(19)11-9(15)3-4-10(16)12(11)14/h3-4H,2,5-8H2,1H3. The highest BCUT2D eigenvalue weighted by Gasteiger charge is 2.26. The Morgan fingerprint density at radius 2 is 1.79 bits per heavy atom. The van der Waals surface area contributed by atoms with Gasteiger partial charge in [0.25, 0.3) is 5.91 Å². The summed E-state index contributed by atoms with van der Waals surface area (Å²) in [6.07, 6.45) is 0. The van der Waals surface area contributed by atoms with Gasteiger partial charge in [0.15, 0.2) is 0 Å². The molecule has 3 nitrogen and oxygen atoms in total. The third-order valence-electron chi connectivity index (χ3n) is 3.36. The second kappa shape index (κ2) is 5.96. The Kier molecular flexibility index (Phi) is 4.52. The van der Waals surface area contributed by atoms with Crippen molar-refractivity contribution in [3.63, 3.8) is 0 Å². The van der Waals surface area contributed by atoms with Crippen LogP contribution in [-0.2, 0) is 0 Å². The molecule has 0 unspecified atom stereocenters. The summed E-state index contributed by atoms with van der Waals surface area (Å²) in [6, 6.07) is 1.99. The molecule has 19 heavy (non-hydrogen) atoms. The second-order valence-corrected chi connectivity index (χ2v) is 5.24. The van der Waals surface area contributed by atoms with E-state index in [1.807, 2.05) is 0 Å². The highest BCUT2D eigenvalue weighted by molar-refractivity contribution is 9.10. The Hall–Kier alpha value is -1.01. The normalized spacial score (nSPS) is 16.7. The Morgan fingerprint density at radius 1 is 1.21 bits per heavy atom. The molecule has 0 aromatic heterocycles. The fourth-order valence-corrected chi connectivity index (χ4v) is 2.64. The van der Waals surface area contributed by atoms with E-state index in [0.29, 0.717) is 13.1 Å². The molecular weight excluding hydrogens is 318 g/mol. The molecule has 1 aliphatic heterocycles. The number of hydrogen-bond donors (Lipinski definition) is 0. The van der Waals surface area contributed by atoms with Gasteiger partial charge in [0.05, 0.1) is 10.0 Å². The van der Waals surface area contributed by atoms with Crippen LogP contribution in [0.15, 0.2) is 16.6 Å². The topological polar surface area (TPSA) is 23.6 Å². The van der Waals surface area contributed by atoms with E-state index >= 15 is 0 Å². The molecule has 1 aromatic carbocycles. The summed E-state index contributed by atoms with van der Waals surface area (Å²) in [5.41, 5.74) is -0.218. The predicted molar refractivity (Wildman–Crippen MR) is 72.1 cm³/mol. The van der Waals surface area contributed by atoms with E-state index in [1.165, 1.54) is 0 Å². The summed E-state index contributed by atoms with van der Waals surface area (Å²) in [4.78, 5) is 16.0. The van der Waals surface area contributed by atoms with Crippen LogP contribution in [0.2, 0.25) is 0 Å². The van der Waals surface area contributed by atoms with Crippen LogP contribution in [0.25, 0.3) is 0 Å². The number of benzene rings is 1. The minimum atomic E-state index is -0.698. The molecule has 104 valence electrons. The maximum atomic E-state index is 13.7. The number of hydrogen-bond acceptors (Lipinski definition) is 2. The van der Waals surface area contributed by atoms with Crippen LogP contribution in [0.5, 0.6) is 0 Å². The van der Waals surface area contributed by atoms with E-state index < -0.39 is 17.5 Å². The molecule has 1 aliphatic rings. The number of amides is 1. The molecule has 1 amide bonds. The molecule has 0 radical (unpaired) electrons. The van der Waals surface area contributed by atoms with Crippen molar-refractivity contribution in [1.82, 2.24) is 9.80 Å². The molecule has 0 spiro atoms. The van der Waals surface area contributed by atoms with E-state index in [2.05, 4.69) is 27.8 Å². The maximum absolute atomic E-state index is 13.7. The minimum absolute atomic E-state index is 0.101. The van der Waals surface area contributed by atoms with Gasteiger partial charge in [-0.15, -0.1) is 0 Å². The number of nitrogens with zero attached hydrogens (tertiary/aromatic N) is 2. The summed E-state index contributed by atoms with van der Waals surface area (Å²) in [5.74, 6) is -1.78. The first-order valence-corrected chi connectivity index (χ1v) is 6.99. The van der Waals surface area contributed by atoms with Gasteiger partial charge in [-0.25, -0.2) is 8.78 Å². The molecule has 0 atom stereocenters. The number of likely N-dealkylation sites (N-methyl/N-ethyl adjacent to an activating group) is 1. The molecule has 2 rings (SSSR count). The van der Waals surface area contributed by atoms with Gasteiger partial charge in [-0.05, 0) is 34.6 Å². The zero-order chi connectivity index (χ0) is 14.0. The van der Waals surface area contributed by atoms with Crippen molar-refractivity contribution in [2.75, 3.05) is 32.7 Å². The van der Waals surface area contributed by atoms with Crippen molar-refractivity contribution < 1.29 is 13.6 Å². The highest BCUT2D eigenvalue weighted by Crippen LogP contribution is 2.25. The van der Waals surface area contributed by atoms with Gasteiger partial charge >= 0.3 is 0 Å². The first-order chi connectivity index (χ1) is 9.04. The summed E-state index contributed by atoms with van der Waals surface area (Å²) in [6.45, 7) is 5.58. The molecular formula is C13H15BrF2N2O. The van der Waals surface area contributed by atoms with Gasteiger partial charge in [-0.3, -0.25) is 4.79 Å². The lowest BCUT2D eigenvalue weighted by Gasteiger charge is -2.34. The van der Waals surface area contributed by atoms with Gasteiger partial charge in [0.1, 0.15) is 11.6 Å². The molecule has 1 heterocycles. The van der Waals surface area contributed by atoms with Crippen LogP contribution in [0, 0.1) is 11.6 Å². The molecule has 1 aromatic rings. The fraction of sp³-hybridized carbons (Fsp3) is 0.462. The van der Waals surface area contributed by atoms with Crippen molar-refractivity contribution in [2.24, 2.45) is 0 Å². The maximum Gasteiger partial charge on any atom is 0.258 e. The van der Waals surface area contributed by atoms with Crippen LogP contribution in [0.1, 0.15) is 17.3 Å². The Morgan fingerprint density at radius 3 is 2.37 bits per heavy atom. The molecule has 1 saturated heterocycles. The molecule has 6 heteroatoms. The van der Waals surface area contributed by atoms with Crippen molar-refractivity contribution in [3.05, 3.63) is 33.8 Å². The summed E-state index contributed by atoms with van der Waals surface area (Å²) < 4.78 is 27.0. The quantitative estimate of drug-likeness (QED) is 0.777. The van der Waals surface area contributed by atoms with E-state index in [-0.39, 0.29) is 10.0 Å². The third-order valence-corrected chi connectivity index (χ3v) is 4.14. The van der Waals surface area contributed by atoms with E-state index in [9.17, 15) is 13.6 Å². The average molecular weight is 333 g/mol. The second-order valence-electron chi connectivity index (χ2n) is 4.44. The van der Waals surface area contributed by atoms with Crippen molar-refractivity contribution in [1.29, 1.82) is 0 Å². The molecule has 0 N–H and O–H groups in total. The fourth-order valence-electron chi connectivity index (χ4n) is 2.15. The molecule has 0 bridgehead atoms. The summed E-state index contributed by atoms with van der Waals surface area (Å²) >= 11 is 2.95. The average Bonchev–Trinajstić information content (AvgIpc) is 2.43. The highest BCUT2D eigenvalue weighted by atomic mass is 79.9.